The van der Waals surface area contributed by atoms with Gasteiger partial charge in [0.2, 0.25) is 0 Å². The summed E-state index contributed by atoms with van der Waals surface area (Å²) in [4.78, 5) is 0. The van der Waals surface area contributed by atoms with E-state index in [1.165, 1.54) is 5.56 Å². The molecule has 0 aliphatic heterocycles. The fraction of sp³-hybridized carbons (Fsp3) is 0.538. The summed E-state index contributed by atoms with van der Waals surface area (Å²) >= 11 is 9.64. The minimum atomic E-state index is 0.355. The highest BCUT2D eigenvalue weighted by molar-refractivity contribution is 9.10. The van der Waals surface area contributed by atoms with Crippen LogP contribution in [0.3, 0.4) is 0 Å². The SMILES string of the molecule is CCCNC(c1cc(Cl)ccc1Br)C(C)C. The Balaban J connectivity index is 2.95. The van der Waals surface area contributed by atoms with Gasteiger partial charge in [-0.1, -0.05) is 48.3 Å². The zero-order valence-electron chi connectivity index (χ0n) is 10.1. The minimum Gasteiger partial charge on any atom is -0.310 e. The molecule has 0 aromatic heterocycles. The Morgan fingerprint density at radius 3 is 2.62 bits per heavy atom. The van der Waals surface area contributed by atoms with E-state index in [-0.39, 0.29) is 0 Å². The number of hydrogen-bond donors (Lipinski definition) is 1. The average molecular weight is 305 g/mol. The maximum Gasteiger partial charge on any atom is 0.0410 e. The molecule has 0 bridgehead atoms. The van der Waals surface area contributed by atoms with E-state index >= 15 is 0 Å². The quantitative estimate of drug-likeness (QED) is 0.824. The van der Waals surface area contributed by atoms with Gasteiger partial charge in [-0.25, -0.2) is 0 Å². The molecular weight excluding hydrogens is 286 g/mol. The average Bonchev–Trinajstić information content (AvgIpc) is 2.23. The first-order valence-corrected chi connectivity index (χ1v) is 6.91. The highest BCUT2D eigenvalue weighted by Crippen LogP contribution is 2.30. The Labute approximate surface area is 112 Å². The number of benzene rings is 1. The van der Waals surface area contributed by atoms with Gasteiger partial charge in [0.05, 0.1) is 0 Å². The van der Waals surface area contributed by atoms with Crippen LogP contribution < -0.4 is 5.32 Å². The topological polar surface area (TPSA) is 12.0 Å². The number of rotatable bonds is 5. The third kappa shape index (κ3) is 3.76. The van der Waals surface area contributed by atoms with Crippen LogP contribution in [-0.4, -0.2) is 6.54 Å². The maximum atomic E-state index is 6.05. The lowest BCUT2D eigenvalue weighted by atomic mass is 9.96. The lowest BCUT2D eigenvalue weighted by molar-refractivity contribution is 0.411. The smallest absolute Gasteiger partial charge is 0.0410 e. The van der Waals surface area contributed by atoms with Gasteiger partial charge in [-0.3, -0.25) is 0 Å². The van der Waals surface area contributed by atoms with Gasteiger partial charge < -0.3 is 5.32 Å². The van der Waals surface area contributed by atoms with Crippen LogP contribution in [-0.2, 0) is 0 Å². The largest absolute Gasteiger partial charge is 0.310 e. The van der Waals surface area contributed by atoms with Crippen molar-refractivity contribution in [2.75, 3.05) is 6.54 Å². The second kappa shape index (κ2) is 6.63. The van der Waals surface area contributed by atoms with Gasteiger partial charge in [-0.15, -0.1) is 0 Å². The van der Waals surface area contributed by atoms with Crippen molar-refractivity contribution in [3.05, 3.63) is 33.3 Å². The third-order valence-corrected chi connectivity index (χ3v) is 3.53. The van der Waals surface area contributed by atoms with Crippen LogP contribution in [0.2, 0.25) is 5.02 Å². The summed E-state index contributed by atoms with van der Waals surface area (Å²) in [5.74, 6) is 0.543. The molecule has 0 saturated heterocycles. The molecule has 1 nitrogen and oxygen atoms in total. The van der Waals surface area contributed by atoms with E-state index in [1.807, 2.05) is 18.2 Å². The Morgan fingerprint density at radius 1 is 1.38 bits per heavy atom. The van der Waals surface area contributed by atoms with Gasteiger partial charge in [0, 0.05) is 15.5 Å². The van der Waals surface area contributed by atoms with Crippen LogP contribution in [0.4, 0.5) is 0 Å². The second-order valence-corrected chi connectivity index (χ2v) is 5.63. The maximum absolute atomic E-state index is 6.05. The van der Waals surface area contributed by atoms with Gasteiger partial charge in [-0.05, 0) is 42.6 Å². The van der Waals surface area contributed by atoms with Crippen molar-refractivity contribution in [3.8, 4) is 0 Å². The van der Waals surface area contributed by atoms with Crippen LogP contribution in [0.5, 0.6) is 0 Å². The molecule has 1 rings (SSSR count). The lowest BCUT2D eigenvalue weighted by Gasteiger charge is -2.24. The molecule has 90 valence electrons. The standard InChI is InChI=1S/C13H19BrClN/c1-4-7-16-13(9(2)3)11-8-10(15)5-6-12(11)14/h5-6,8-9,13,16H,4,7H2,1-3H3. The van der Waals surface area contributed by atoms with Gasteiger partial charge in [-0.2, -0.15) is 0 Å². The summed E-state index contributed by atoms with van der Waals surface area (Å²) < 4.78 is 1.12. The van der Waals surface area contributed by atoms with E-state index < -0.39 is 0 Å². The molecule has 1 aromatic rings. The van der Waals surface area contributed by atoms with Gasteiger partial charge in [0.25, 0.3) is 0 Å². The summed E-state index contributed by atoms with van der Waals surface area (Å²) in [6.07, 6.45) is 1.14. The normalized spacial score (nSPS) is 13.1. The van der Waals surface area contributed by atoms with E-state index in [4.69, 9.17) is 11.6 Å². The summed E-state index contributed by atoms with van der Waals surface area (Å²) in [6, 6.07) is 6.32. The number of nitrogens with one attached hydrogen (secondary N) is 1. The van der Waals surface area contributed by atoms with Gasteiger partial charge in [0.15, 0.2) is 0 Å². The van der Waals surface area contributed by atoms with E-state index in [2.05, 4.69) is 42.0 Å². The monoisotopic (exact) mass is 303 g/mol. The summed E-state index contributed by atoms with van der Waals surface area (Å²) in [7, 11) is 0. The lowest BCUT2D eigenvalue weighted by Crippen LogP contribution is -2.26. The highest BCUT2D eigenvalue weighted by atomic mass is 79.9. The Hall–Kier alpha value is -0.0500. The molecular formula is C13H19BrClN. The Kier molecular flexibility index (Phi) is 5.81. The molecule has 1 atom stereocenters. The summed E-state index contributed by atoms with van der Waals surface area (Å²) in [5.41, 5.74) is 1.25. The predicted octanol–water partition coefficient (Wildman–Crippen LogP) is 4.80. The van der Waals surface area contributed by atoms with E-state index in [1.54, 1.807) is 0 Å². The fourth-order valence-corrected chi connectivity index (χ4v) is 2.43. The van der Waals surface area contributed by atoms with E-state index in [0.29, 0.717) is 12.0 Å². The first-order chi connectivity index (χ1) is 7.56. The summed E-state index contributed by atoms with van der Waals surface area (Å²) in [5, 5.41) is 4.36. The number of halogens is 2. The second-order valence-electron chi connectivity index (χ2n) is 4.34. The van der Waals surface area contributed by atoms with E-state index in [0.717, 1.165) is 22.5 Å². The molecule has 1 unspecified atom stereocenters. The van der Waals surface area contributed by atoms with Crippen molar-refractivity contribution < 1.29 is 0 Å². The Morgan fingerprint density at radius 2 is 2.06 bits per heavy atom. The highest BCUT2D eigenvalue weighted by Gasteiger charge is 2.17. The molecule has 0 radical (unpaired) electrons. The zero-order valence-corrected chi connectivity index (χ0v) is 12.4. The first kappa shape index (κ1) is 14.0. The third-order valence-electron chi connectivity index (χ3n) is 2.57. The van der Waals surface area contributed by atoms with Crippen molar-refractivity contribution >= 4 is 27.5 Å². The molecule has 0 heterocycles. The molecule has 16 heavy (non-hydrogen) atoms. The van der Waals surface area contributed by atoms with Crippen LogP contribution in [0.1, 0.15) is 38.8 Å². The van der Waals surface area contributed by atoms with E-state index in [9.17, 15) is 0 Å². The van der Waals surface area contributed by atoms with Crippen molar-refractivity contribution in [2.45, 2.75) is 33.2 Å². The predicted molar refractivity (Wildman–Crippen MR) is 75.0 cm³/mol. The molecule has 0 fully saturated rings. The van der Waals surface area contributed by atoms with Crippen LogP contribution >= 0.6 is 27.5 Å². The number of hydrogen-bond acceptors (Lipinski definition) is 1. The van der Waals surface area contributed by atoms with Crippen LogP contribution in [0, 0.1) is 5.92 Å². The minimum absolute atomic E-state index is 0.355. The van der Waals surface area contributed by atoms with Crippen LogP contribution in [0.25, 0.3) is 0 Å². The first-order valence-electron chi connectivity index (χ1n) is 5.74. The van der Waals surface area contributed by atoms with Crippen molar-refractivity contribution in [2.24, 2.45) is 5.92 Å². The van der Waals surface area contributed by atoms with Crippen molar-refractivity contribution in [1.82, 2.24) is 5.32 Å². The molecule has 0 spiro atoms. The van der Waals surface area contributed by atoms with Crippen LogP contribution in [0.15, 0.2) is 22.7 Å². The molecule has 3 heteroatoms. The summed E-state index contributed by atoms with van der Waals surface area (Å²) in [6.45, 7) is 7.65. The molecule has 0 saturated carbocycles. The zero-order chi connectivity index (χ0) is 12.1. The molecule has 0 amide bonds. The molecule has 1 N–H and O–H groups in total. The van der Waals surface area contributed by atoms with Gasteiger partial charge in [0.1, 0.15) is 0 Å². The Bertz CT molecular complexity index is 339. The molecule has 0 aliphatic carbocycles. The van der Waals surface area contributed by atoms with Gasteiger partial charge >= 0.3 is 0 Å². The fourth-order valence-electron chi connectivity index (χ4n) is 1.76. The van der Waals surface area contributed by atoms with Crippen molar-refractivity contribution in [1.29, 1.82) is 0 Å². The van der Waals surface area contributed by atoms with Crippen molar-refractivity contribution in [3.63, 3.8) is 0 Å². The molecule has 1 aromatic carbocycles. The molecule has 0 aliphatic rings.